The number of hydroxylamine groups is 2. The zero-order valence-electron chi connectivity index (χ0n) is 5.40. The van der Waals surface area contributed by atoms with E-state index in [1.165, 1.54) is 0 Å². The molecular weight excluding hydrogens is 140 g/mol. The molecule has 3 N–H and O–H groups in total. The Hall–Kier alpha value is -1.30. The van der Waals surface area contributed by atoms with Crippen LogP contribution in [0.25, 0.3) is 0 Å². The molecule has 0 atom stereocenters. The lowest BCUT2D eigenvalue weighted by Gasteiger charge is -2.13. The number of hydrogen-bond acceptors (Lipinski definition) is 4. The number of aliphatic hydroxyl groups excluding tert-OH is 1. The molecule has 0 aliphatic carbocycles. The number of hydrogen-bond donors (Lipinski definition) is 2. The highest BCUT2D eigenvalue weighted by Crippen LogP contribution is 1.87. The van der Waals surface area contributed by atoms with Crippen LogP contribution in [0.15, 0.2) is 0 Å². The van der Waals surface area contributed by atoms with Crippen LogP contribution in [0, 0.1) is 0 Å². The molecule has 0 aromatic rings. The Labute approximate surface area is 57.1 Å². The maximum atomic E-state index is 10.2. The number of rotatable bonds is 1. The van der Waals surface area contributed by atoms with Crippen LogP contribution >= 0.6 is 0 Å². The van der Waals surface area contributed by atoms with E-state index in [2.05, 4.69) is 10.6 Å². The van der Waals surface area contributed by atoms with E-state index < -0.39 is 18.7 Å². The van der Waals surface area contributed by atoms with Crippen molar-refractivity contribution in [1.29, 1.82) is 0 Å². The zero-order chi connectivity index (χ0) is 8.15. The molecule has 0 aromatic heterocycles. The second-order valence-corrected chi connectivity index (χ2v) is 1.44. The SMILES string of the molecule is CC(=O)ON(CO)C(N)=O. The first-order chi connectivity index (χ1) is 4.57. The van der Waals surface area contributed by atoms with Crippen molar-refractivity contribution >= 4 is 12.0 Å². The molecule has 0 saturated carbocycles. The van der Waals surface area contributed by atoms with E-state index in [4.69, 9.17) is 5.11 Å². The van der Waals surface area contributed by atoms with Gasteiger partial charge in [-0.25, -0.2) is 4.79 Å². The largest absolute Gasteiger partial charge is 0.373 e. The van der Waals surface area contributed by atoms with E-state index >= 15 is 0 Å². The maximum Gasteiger partial charge on any atom is 0.350 e. The molecule has 0 aliphatic heterocycles. The molecule has 0 aliphatic rings. The molecule has 0 fully saturated rings. The molecule has 0 radical (unpaired) electrons. The Morgan fingerprint density at radius 3 is 2.30 bits per heavy atom. The lowest BCUT2D eigenvalue weighted by atomic mass is 10.8. The summed E-state index contributed by atoms with van der Waals surface area (Å²) in [6.07, 6.45) is 0. The summed E-state index contributed by atoms with van der Waals surface area (Å²) in [7, 11) is 0. The van der Waals surface area contributed by atoms with E-state index in [-0.39, 0.29) is 0 Å². The quantitative estimate of drug-likeness (QED) is 0.360. The molecule has 0 spiro atoms. The van der Waals surface area contributed by atoms with Gasteiger partial charge < -0.3 is 15.7 Å². The van der Waals surface area contributed by atoms with E-state index in [1.54, 1.807) is 0 Å². The van der Waals surface area contributed by atoms with Gasteiger partial charge in [0.2, 0.25) is 0 Å². The lowest BCUT2D eigenvalue weighted by Crippen LogP contribution is -2.37. The summed E-state index contributed by atoms with van der Waals surface area (Å²) in [6, 6.07) is -1.02. The summed E-state index contributed by atoms with van der Waals surface area (Å²) < 4.78 is 0. The molecule has 0 heterocycles. The van der Waals surface area contributed by atoms with Crippen molar-refractivity contribution in [2.24, 2.45) is 5.73 Å². The molecule has 0 bridgehead atoms. The van der Waals surface area contributed by atoms with E-state index in [9.17, 15) is 9.59 Å². The number of carbonyl (C=O) groups is 2. The van der Waals surface area contributed by atoms with Crippen LogP contribution in [0.4, 0.5) is 4.79 Å². The summed E-state index contributed by atoms with van der Waals surface area (Å²) in [5, 5.41) is 8.63. The molecule has 0 saturated heterocycles. The Balaban J connectivity index is 3.83. The van der Waals surface area contributed by atoms with Crippen LogP contribution in [0.3, 0.4) is 0 Å². The Bertz CT molecular complexity index is 146. The highest BCUT2D eigenvalue weighted by Gasteiger charge is 2.10. The van der Waals surface area contributed by atoms with Crippen molar-refractivity contribution in [3.63, 3.8) is 0 Å². The predicted octanol–water partition coefficient (Wildman–Crippen LogP) is -1.21. The molecule has 6 heteroatoms. The molecule has 58 valence electrons. The first kappa shape index (κ1) is 8.70. The smallest absolute Gasteiger partial charge is 0.350 e. The van der Waals surface area contributed by atoms with Gasteiger partial charge in [0.05, 0.1) is 0 Å². The summed E-state index contributed by atoms with van der Waals surface area (Å²) in [4.78, 5) is 24.4. The van der Waals surface area contributed by atoms with Gasteiger partial charge in [-0.1, -0.05) is 0 Å². The van der Waals surface area contributed by atoms with Crippen molar-refractivity contribution in [3.05, 3.63) is 0 Å². The Kier molecular flexibility index (Phi) is 3.20. The van der Waals surface area contributed by atoms with Gasteiger partial charge in [0.15, 0.2) is 6.73 Å². The topological polar surface area (TPSA) is 92.9 Å². The number of nitrogens with two attached hydrogens (primary N) is 1. The van der Waals surface area contributed by atoms with Crippen LogP contribution in [-0.2, 0) is 9.63 Å². The van der Waals surface area contributed by atoms with E-state index in [1.807, 2.05) is 0 Å². The van der Waals surface area contributed by atoms with Gasteiger partial charge in [0.1, 0.15) is 0 Å². The third kappa shape index (κ3) is 2.88. The van der Waals surface area contributed by atoms with Crippen LogP contribution in [0.1, 0.15) is 6.92 Å². The van der Waals surface area contributed by atoms with Crippen LogP contribution in [-0.4, -0.2) is 28.9 Å². The second kappa shape index (κ2) is 3.67. The minimum absolute atomic E-state index is 0.336. The van der Waals surface area contributed by atoms with Crippen molar-refractivity contribution < 1.29 is 19.5 Å². The zero-order valence-corrected chi connectivity index (χ0v) is 5.40. The molecule has 0 unspecified atom stereocenters. The van der Waals surface area contributed by atoms with Crippen molar-refractivity contribution in [3.8, 4) is 0 Å². The minimum atomic E-state index is -1.02. The van der Waals surface area contributed by atoms with Crippen molar-refractivity contribution in [2.75, 3.05) is 6.73 Å². The van der Waals surface area contributed by atoms with Gasteiger partial charge in [-0.15, -0.1) is 5.06 Å². The molecule has 0 aromatic carbocycles. The third-order valence-corrected chi connectivity index (χ3v) is 0.613. The number of urea groups is 1. The first-order valence-electron chi connectivity index (χ1n) is 2.44. The fourth-order valence-corrected chi connectivity index (χ4v) is 0.299. The van der Waals surface area contributed by atoms with Gasteiger partial charge >= 0.3 is 12.0 Å². The van der Waals surface area contributed by atoms with Gasteiger partial charge in [-0.05, 0) is 0 Å². The Morgan fingerprint density at radius 1 is 1.70 bits per heavy atom. The third-order valence-electron chi connectivity index (χ3n) is 0.613. The minimum Gasteiger partial charge on any atom is -0.373 e. The summed E-state index contributed by atoms with van der Waals surface area (Å²) in [5.41, 5.74) is 4.65. The number of amides is 2. The number of carbonyl (C=O) groups excluding carboxylic acids is 2. The van der Waals surface area contributed by atoms with Gasteiger partial charge in [-0.3, -0.25) is 4.79 Å². The number of aliphatic hydroxyl groups is 1. The normalized spacial score (nSPS) is 8.60. The second-order valence-electron chi connectivity index (χ2n) is 1.44. The molecule has 2 amide bonds. The van der Waals surface area contributed by atoms with E-state index in [0.717, 1.165) is 6.92 Å². The molecule has 6 nitrogen and oxygen atoms in total. The van der Waals surface area contributed by atoms with Crippen LogP contribution in [0.2, 0.25) is 0 Å². The monoisotopic (exact) mass is 148 g/mol. The fraction of sp³-hybridized carbons (Fsp3) is 0.500. The average molecular weight is 148 g/mol. The number of nitrogens with zero attached hydrogens (tertiary/aromatic N) is 1. The average Bonchev–Trinajstić information content (AvgIpc) is 1.81. The summed E-state index contributed by atoms with van der Waals surface area (Å²) >= 11 is 0. The fourth-order valence-electron chi connectivity index (χ4n) is 0.299. The van der Waals surface area contributed by atoms with Crippen molar-refractivity contribution in [1.82, 2.24) is 5.06 Å². The molecular formula is C4H8N2O4. The summed E-state index contributed by atoms with van der Waals surface area (Å²) in [6.45, 7) is 0.348. The summed E-state index contributed by atoms with van der Waals surface area (Å²) in [5.74, 6) is -0.715. The molecule has 0 rings (SSSR count). The Morgan fingerprint density at radius 2 is 2.20 bits per heavy atom. The van der Waals surface area contributed by atoms with Gasteiger partial charge in [0, 0.05) is 6.92 Å². The highest BCUT2D eigenvalue weighted by atomic mass is 16.7. The van der Waals surface area contributed by atoms with Crippen LogP contribution in [0.5, 0.6) is 0 Å². The van der Waals surface area contributed by atoms with Gasteiger partial charge in [-0.2, -0.15) is 0 Å². The highest BCUT2D eigenvalue weighted by molar-refractivity contribution is 5.74. The standard InChI is InChI=1S/C4H8N2O4/c1-3(8)10-6(2-7)4(5)9/h7H,2H2,1H3,(H2,5,9). The first-order valence-corrected chi connectivity index (χ1v) is 2.44. The number of primary amides is 1. The predicted molar refractivity (Wildman–Crippen MR) is 30.3 cm³/mol. The van der Waals surface area contributed by atoms with Gasteiger partial charge in [0.25, 0.3) is 0 Å². The van der Waals surface area contributed by atoms with Crippen molar-refractivity contribution in [2.45, 2.75) is 6.92 Å². The molecule has 10 heavy (non-hydrogen) atoms. The lowest BCUT2D eigenvalue weighted by molar-refractivity contribution is -0.184. The maximum absolute atomic E-state index is 10.2. The van der Waals surface area contributed by atoms with Crippen LogP contribution < -0.4 is 5.73 Å². The van der Waals surface area contributed by atoms with E-state index in [0.29, 0.717) is 5.06 Å².